The molecule has 9 heteroatoms. The Balaban J connectivity index is 1.71. The minimum Gasteiger partial charge on any atom is -0.462 e. The SMILES string of the molecule is C=C(C)C(=O)OCCOC(=O)Cc1ccc(Cc2ccc(NC(=O)OCCOC(=O)C(=C)C)cc2)cc1. The summed E-state index contributed by atoms with van der Waals surface area (Å²) in [5.74, 6) is -1.46. The Morgan fingerprint density at radius 2 is 1.08 bits per heavy atom. The van der Waals surface area contributed by atoms with Crippen molar-refractivity contribution in [1.29, 1.82) is 0 Å². The highest BCUT2D eigenvalue weighted by molar-refractivity contribution is 5.87. The first-order valence-electron chi connectivity index (χ1n) is 11.6. The van der Waals surface area contributed by atoms with E-state index in [0.717, 1.165) is 16.7 Å². The lowest BCUT2D eigenvalue weighted by molar-refractivity contribution is -0.149. The molecule has 0 aliphatic rings. The van der Waals surface area contributed by atoms with Gasteiger partial charge in [-0.2, -0.15) is 0 Å². The van der Waals surface area contributed by atoms with Crippen LogP contribution < -0.4 is 5.32 Å². The largest absolute Gasteiger partial charge is 0.462 e. The zero-order chi connectivity index (χ0) is 27.2. The highest BCUT2D eigenvalue weighted by Crippen LogP contribution is 2.15. The topological polar surface area (TPSA) is 117 Å². The lowest BCUT2D eigenvalue weighted by atomic mass is 10.0. The molecule has 2 rings (SSSR count). The number of esters is 3. The van der Waals surface area contributed by atoms with Gasteiger partial charge in [-0.25, -0.2) is 14.4 Å². The van der Waals surface area contributed by atoms with E-state index in [-0.39, 0.29) is 44.0 Å². The van der Waals surface area contributed by atoms with Crippen molar-refractivity contribution in [2.75, 3.05) is 31.7 Å². The first-order valence-corrected chi connectivity index (χ1v) is 11.6. The molecule has 0 spiro atoms. The summed E-state index contributed by atoms with van der Waals surface area (Å²) in [5.41, 5.74) is 4.01. The maximum Gasteiger partial charge on any atom is 0.411 e. The van der Waals surface area contributed by atoms with Gasteiger partial charge in [0.25, 0.3) is 0 Å². The zero-order valence-electron chi connectivity index (χ0n) is 21.0. The second-order valence-electron chi connectivity index (χ2n) is 8.18. The number of anilines is 1. The molecule has 2 aromatic rings. The average molecular weight is 510 g/mol. The predicted molar refractivity (Wildman–Crippen MR) is 137 cm³/mol. The van der Waals surface area contributed by atoms with E-state index in [0.29, 0.717) is 12.1 Å². The lowest BCUT2D eigenvalue weighted by Gasteiger charge is -2.09. The van der Waals surface area contributed by atoms with Crippen molar-refractivity contribution < 1.29 is 38.1 Å². The third-order valence-electron chi connectivity index (χ3n) is 4.81. The number of nitrogens with one attached hydrogen (secondary N) is 1. The van der Waals surface area contributed by atoms with E-state index in [9.17, 15) is 19.2 Å². The number of carbonyl (C=O) groups is 4. The molecule has 0 fully saturated rings. The molecule has 196 valence electrons. The number of benzene rings is 2. The molecule has 9 nitrogen and oxygen atoms in total. The third kappa shape index (κ3) is 11.3. The molecule has 1 amide bonds. The van der Waals surface area contributed by atoms with Crippen LogP contribution in [-0.2, 0) is 46.2 Å². The van der Waals surface area contributed by atoms with Crippen molar-refractivity contribution >= 4 is 29.7 Å². The first-order chi connectivity index (χ1) is 17.6. The van der Waals surface area contributed by atoms with Crippen LogP contribution >= 0.6 is 0 Å². The second-order valence-corrected chi connectivity index (χ2v) is 8.18. The fourth-order valence-corrected chi connectivity index (χ4v) is 2.89. The molecule has 0 saturated carbocycles. The van der Waals surface area contributed by atoms with E-state index < -0.39 is 24.0 Å². The number of hydrogen-bond acceptors (Lipinski definition) is 8. The highest BCUT2D eigenvalue weighted by atomic mass is 16.6. The minimum absolute atomic E-state index is 0.0105. The second kappa shape index (κ2) is 14.9. The lowest BCUT2D eigenvalue weighted by Crippen LogP contribution is -2.18. The molecule has 0 aliphatic carbocycles. The summed E-state index contributed by atoms with van der Waals surface area (Å²) < 4.78 is 19.8. The number of amides is 1. The predicted octanol–water partition coefficient (Wildman–Crippen LogP) is 4.15. The van der Waals surface area contributed by atoms with Gasteiger partial charge in [0, 0.05) is 16.8 Å². The van der Waals surface area contributed by atoms with Crippen molar-refractivity contribution in [3.8, 4) is 0 Å². The standard InChI is InChI=1S/C28H31NO8/c1-19(2)26(31)35-14-13-34-25(30)18-23-7-5-21(6-8-23)17-22-9-11-24(12-10-22)29-28(33)37-16-15-36-27(32)20(3)4/h5-12H,1,3,13-18H2,2,4H3,(H,29,33). The third-order valence-corrected chi connectivity index (χ3v) is 4.81. The summed E-state index contributed by atoms with van der Waals surface area (Å²) in [6.45, 7) is 9.87. The summed E-state index contributed by atoms with van der Waals surface area (Å²) in [6, 6.07) is 14.9. The van der Waals surface area contributed by atoms with Gasteiger partial charge in [0.2, 0.25) is 0 Å². The summed E-state index contributed by atoms with van der Waals surface area (Å²) >= 11 is 0. The Kier molecular flexibility index (Phi) is 11.6. The van der Waals surface area contributed by atoms with E-state index in [1.165, 1.54) is 6.92 Å². The Labute approximate surface area is 216 Å². The van der Waals surface area contributed by atoms with Crippen LogP contribution in [0.5, 0.6) is 0 Å². The van der Waals surface area contributed by atoms with Crippen molar-refractivity contribution in [1.82, 2.24) is 0 Å². The fourth-order valence-electron chi connectivity index (χ4n) is 2.89. The summed E-state index contributed by atoms with van der Waals surface area (Å²) in [7, 11) is 0. The Hall–Kier alpha value is -4.40. The maximum absolute atomic E-state index is 12.0. The van der Waals surface area contributed by atoms with E-state index in [2.05, 4.69) is 18.5 Å². The molecule has 2 aromatic carbocycles. The van der Waals surface area contributed by atoms with Crippen LogP contribution in [0.25, 0.3) is 0 Å². The fraction of sp³-hybridized carbons (Fsp3) is 0.286. The number of rotatable bonds is 13. The maximum atomic E-state index is 12.0. The van der Waals surface area contributed by atoms with Crippen molar-refractivity contribution in [3.63, 3.8) is 0 Å². The molecule has 0 radical (unpaired) electrons. The molecule has 0 heterocycles. The molecule has 0 atom stereocenters. The highest BCUT2D eigenvalue weighted by Gasteiger charge is 2.08. The van der Waals surface area contributed by atoms with Crippen LogP contribution in [-0.4, -0.2) is 50.4 Å². The molecule has 0 aromatic heterocycles. The quantitative estimate of drug-likeness (QED) is 0.185. The monoisotopic (exact) mass is 509 g/mol. The van der Waals surface area contributed by atoms with Crippen LogP contribution in [0, 0.1) is 0 Å². The molecule has 0 bridgehead atoms. The van der Waals surface area contributed by atoms with Gasteiger partial charge in [-0.1, -0.05) is 49.6 Å². The molecule has 0 unspecified atom stereocenters. The molecule has 0 aliphatic heterocycles. The van der Waals surface area contributed by atoms with Crippen molar-refractivity contribution in [3.05, 3.63) is 89.5 Å². The van der Waals surface area contributed by atoms with Crippen molar-refractivity contribution in [2.24, 2.45) is 0 Å². The first kappa shape index (κ1) is 28.8. The van der Waals surface area contributed by atoms with Crippen LogP contribution in [0.1, 0.15) is 30.5 Å². The van der Waals surface area contributed by atoms with E-state index in [1.807, 2.05) is 36.4 Å². The van der Waals surface area contributed by atoms with E-state index in [1.54, 1.807) is 19.1 Å². The van der Waals surface area contributed by atoms with Gasteiger partial charge < -0.3 is 18.9 Å². The number of carbonyl (C=O) groups excluding carboxylic acids is 4. The normalized spacial score (nSPS) is 10.1. The smallest absolute Gasteiger partial charge is 0.411 e. The van der Waals surface area contributed by atoms with E-state index >= 15 is 0 Å². The molecule has 37 heavy (non-hydrogen) atoms. The summed E-state index contributed by atoms with van der Waals surface area (Å²) in [6.07, 6.45) is 0.125. The Bertz CT molecular complexity index is 1030. The van der Waals surface area contributed by atoms with Crippen LogP contribution in [0.3, 0.4) is 0 Å². The van der Waals surface area contributed by atoms with Crippen LogP contribution in [0.4, 0.5) is 10.5 Å². The van der Waals surface area contributed by atoms with Crippen LogP contribution in [0.2, 0.25) is 0 Å². The van der Waals surface area contributed by atoms with Gasteiger partial charge in [-0.3, -0.25) is 10.1 Å². The van der Waals surface area contributed by atoms with Gasteiger partial charge in [-0.15, -0.1) is 0 Å². The molecular formula is C28H31NO8. The molecule has 1 N–H and O–H groups in total. The van der Waals surface area contributed by atoms with Gasteiger partial charge in [0.05, 0.1) is 6.42 Å². The van der Waals surface area contributed by atoms with Gasteiger partial charge in [-0.05, 0) is 49.1 Å². The van der Waals surface area contributed by atoms with Gasteiger partial charge in [0.15, 0.2) is 0 Å². The minimum atomic E-state index is -0.652. The van der Waals surface area contributed by atoms with Crippen molar-refractivity contribution in [2.45, 2.75) is 26.7 Å². The van der Waals surface area contributed by atoms with Crippen LogP contribution in [0.15, 0.2) is 72.8 Å². The van der Waals surface area contributed by atoms with E-state index in [4.69, 9.17) is 18.9 Å². The number of ether oxygens (including phenoxy) is 4. The number of hydrogen-bond donors (Lipinski definition) is 1. The molecule has 0 saturated heterocycles. The molecular weight excluding hydrogens is 478 g/mol. The van der Waals surface area contributed by atoms with Gasteiger partial charge >= 0.3 is 24.0 Å². The zero-order valence-corrected chi connectivity index (χ0v) is 21.0. The summed E-state index contributed by atoms with van der Waals surface area (Å²) in [4.78, 5) is 46.4. The Morgan fingerprint density at radius 3 is 1.59 bits per heavy atom. The average Bonchev–Trinajstić information content (AvgIpc) is 2.86. The van der Waals surface area contributed by atoms with Gasteiger partial charge in [0.1, 0.15) is 26.4 Å². The Morgan fingerprint density at radius 1 is 0.649 bits per heavy atom. The summed E-state index contributed by atoms with van der Waals surface area (Å²) in [5, 5.41) is 2.61.